The van der Waals surface area contributed by atoms with E-state index in [0.29, 0.717) is 0 Å². The monoisotopic (exact) mass is 578 g/mol. The minimum absolute atomic E-state index is 0. The molecular formula is C26H35CsF2N2O2. The quantitative estimate of drug-likeness (QED) is 0.443. The Labute approximate surface area is 255 Å². The molecule has 1 aliphatic rings. The van der Waals surface area contributed by atoms with E-state index >= 15 is 0 Å². The van der Waals surface area contributed by atoms with Gasteiger partial charge >= 0.3 is 68.9 Å². The molecule has 1 fully saturated rings. The fourth-order valence-corrected chi connectivity index (χ4v) is 4.22. The number of likely N-dealkylation sites (tertiary alicyclic amines) is 1. The summed E-state index contributed by atoms with van der Waals surface area (Å²) in [6.45, 7) is 4.77. The minimum Gasteiger partial charge on any atom is -0.496 e. The molecule has 0 radical (unpaired) electrons. The van der Waals surface area contributed by atoms with Crippen molar-refractivity contribution in [3.8, 4) is 5.75 Å². The first-order valence-electron chi connectivity index (χ1n) is 10.8. The van der Waals surface area contributed by atoms with Crippen molar-refractivity contribution in [3.63, 3.8) is 0 Å². The first kappa shape index (κ1) is 30.6. The van der Waals surface area contributed by atoms with E-state index in [1.807, 2.05) is 36.5 Å². The number of halogens is 2. The van der Waals surface area contributed by atoms with Gasteiger partial charge in [0.05, 0.1) is 13.7 Å². The minimum atomic E-state index is -2.18. The third kappa shape index (κ3) is 8.96. The first-order valence-corrected chi connectivity index (χ1v) is 10.8. The fourth-order valence-electron chi connectivity index (χ4n) is 4.22. The number of nitrogens with zero attached hydrogens (tertiary/aromatic N) is 1. The summed E-state index contributed by atoms with van der Waals surface area (Å²) in [5.41, 5.74) is 4.46. The summed E-state index contributed by atoms with van der Waals surface area (Å²) in [6.07, 6.45) is 1.53. The van der Waals surface area contributed by atoms with Crippen LogP contribution in [0.25, 0.3) is 10.9 Å². The molecule has 2 N–H and O–H groups in total. The smallest absolute Gasteiger partial charge is 0.496 e. The third-order valence-corrected chi connectivity index (χ3v) is 5.96. The zero-order valence-corrected chi connectivity index (χ0v) is 26.6. The average Bonchev–Trinajstić information content (AvgIpc) is 3.28. The van der Waals surface area contributed by atoms with E-state index in [2.05, 4.69) is 28.9 Å². The number of nitrogens with one attached hydrogen (secondary N) is 1. The van der Waals surface area contributed by atoms with Crippen LogP contribution in [-0.2, 0) is 13.2 Å². The van der Waals surface area contributed by atoms with Gasteiger partial charge in [0.25, 0.3) is 0 Å². The molecule has 176 valence electrons. The number of methoxy groups -OCH3 is 1. The van der Waals surface area contributed by atoms with Crippen molar-refractivity contribution in [1.82, 2.24) is 9.88 Å². The van der Waals surface area contributed by atoms with Gasteiger partial charge < -0.3 is 22.3 Å². The number of hydrogen-bond acceptors (Lipinski definition) is 3. The number of H-pyrrole nitrogens is 1. The number of aryl methyl sites for hydroxylation is 1. The zero-order chi connectivity index (χ0) is 22.2. The van der Waals surface area contributed by atoms with Crippen molar-refractivity contribution in [3.05, 3.63) is 72.8 Å². The van der Waals surface area contributed by atoms with Crippen LogP contribution in [0.15, 0.2) is 48.7 Å². The molecule has 1 saturated heterocycles. The number of aromatic amines is 1. The van der Waals surface area contributed by atoms with Gasteiger partial charge in [0.15, 0.2) is 0 Å². The van der Waals surface area contributed by atoms with Crippen molar-refractivity contribution in [2.45, 2.75) is 45.8 Å². The van der Waals surface area contributed by atoms with E-state index in [-0.39, 0.29) is 95.3 Å². The maximum absolute atomic E-state index is 12.5. The second-order valence-corrected chi connectivity index (χ2v) is 8.13. The van der Waals surface area contributed by atoms with Gasteiger partial charge in [-0.05, 0) is 62.0 Å². The van der Waals surface area contributed by atoms with Crippen molar-refractivity contribution in [1.29, 1.82) is 0 Å². The summed E-state index contributed by atoms with van der Waals surface area (Å²) in [5.74, 6) is 1.07. The third-order valence-electron chi connectivity index (χ3n) is 5.96. The molecule has 0 amide bonds. The largest absolute Gasteiger partial charge is 1.00 e. The van der Waals surface area contributed by atoms with Crippen LogP contribution in [0.3, 0.4) is 0 Å². The molecule has 0 bridgehead atoms. The van der Waals surface area contributed by atoms with Crippen LogP contribution >= 0.6 is 0 Å². The molecule has 2 heterocycles. The van der Waals surface area contributed by atoms with Crippen LogP contribution in [0.2, 0.25) is 0 Å². The SMILES string of the molecule is COc1cc(C)c2[nH]ccc2c1CN1CCC(CC(F)F)CC1.OCc1ccccc1.[CH3-].[Cs+]. The maximum Gasteiger partial charge on any atom is 1.00 e. The summed E-state index contributed by atoms with van der Waals surface area (Å²) in [5, 5.41) is 9.73. The van der Waals surface area contributed by atoms with E-state index in [1.54, 1.807) is 7.11 Å². The Morgan fingerprint density at radius 3 is 2.36 bits per heavy atom. The zero-order valence-electron chi connectivity index (χ0n) is 20.3. The van der Waals surface area contributed by atoms with Crippen molar-refractivity contribution < 1.29 is 87.5 Å². The van der Waals surface area contributed by atoms with E-state index in [9.17, 15) is 8.78 Å². The van der Waals surface area contributed by atoms with E-state index in [0.717, 1.165) is 49.3 Å². The van der Waals surface area contributed by atoms with E-state index < -0.39 is 6.43 Å². The Balaban J connectivity index is 0.000000465. The van der Waals surface area contributed by atoms with Gasteiger partial charge in [-0.15, -0.1) is 0 Å². The molecule has 1 aliphatic heterocycles. The average molecular weight is 578 g/mol. The van der Waals surface area contributed by atoms with Gasteiger partial charge in [-0.2, -0.15) is 0 Å². The first-order chi connectivity index (χ1) is 15.0. The number of aromatic nitrogens is 1. The van der Waals surface area contributed by atoms with E-state index in [1.165, 1.54) is 16.5 Å². The number of aliphatic hydroxyl groups excluding tert-OH is 1. The molecule has 1 aromatic heterocycles. The van der Waals surface area contributed by atoms with Crippen LogP contribution in [0.5, 0.6) is 5.75 Å². The summed E-state index contributed by atoms with van der Waals surface area (Å²) in [4.78, 5) is 5.64. The molecule has 0 aliphatic carbocycles. The summed E-state index contributed by atoms with van der Waals surface area (Å²) in [6, 6.07) is 13.7. The van der Waals surface area contributed by atoms with Gasteiger partial charge in [0, 0.05) is 35.6 Å². The van der Waals surface area contributed by atoms with Crippen LogP contribution in [-0.4, -0.2) is 41.6 Å². The van der Waals surface area contributed by atoms with E-state index in [4.69, 9.17) is 9.84 Å². The number of hydrogen-bond donors (Lipinski definition) is 2. The van der Waals surface area contributed by atoms with Gasteiger partial charge in [0.1, 0.15) is 5.75 Å². The van der Waals surface area contributed by atoms with Crippen molar-refractivity contribution in [2.24, 2.45) is 5.92 Å². The number of fused-ring (bicyclic) bond motifs is 1. The maximum atomic E-state index is 12.5. The van der Waals surface area contributed by atoms with Crippen LogP contribution in [0.1, 0.15) is 36.0 Å². The topological polar surface area (TPSA) is 48.5 Å². The Hall–Kier alpha value is -0.388. The standard InChI is InChI=1S/C18H24F2N2O.C7H8O.CH3.Cs/c1-12-9-16(23-2)15(14-3-6-21-18(12)14)11-22-7-4-13(5-8-22)10-17(19)20;8-6-7-4-2-1-3-5-7;;/h3,6,9,13,17,21H,4-5,7-8,10-11H2,1-2H3;1-5,8H,6H2;1H3;/q;;-1;+1. The Kier molecular flexibility index (Phi) is 14.5. The predicted octanol–water partition coefficient (Wildman–Crippen LogP) is 2.99. The number of piperidine rings is 1. The van der Waals surface area contributed by atoms with Crippen molar-refractivity contribution in [2.75, 3.05) is 20.2 Å². The van der Waals surface area contributed by atoms with Gasteiger partial charge in [-0.3, -0.25) is 4.90 Å². The summed E-state index contributed by atoms with van der Waals surface area (Å²) >= 11 is 0. The summed E-state index contributed by atoms with van der Waals surface area (Å²) in [7, 11) is 1.70. The number of benzene rings is 2. The molecule has 4 rings (SSSR count). The molecule has 0 atom stereocenters. The Bertz CT molecular complexity index is 942. The normalized spacial score (nSPS) is 14.2. The second-order valence-electron chi connectivity index (χ2n) is 8.13. The fraction of sp³-hybridized carbons (Fsp3) is 0.423. The molecular weight excluding hydrogens is 543 g/mol. The number of aliphatic hydroxyl groups is 1. The van der Waals surface area contributed by atoms with Crippen LogP contribution < -0.4 is 73.6 Å². The Morgan fingerprint density at radius 2 is 1.82 bits per heavy atom. The van der Waals surface area contributed by atoms with Gasteiger partial charge in [-0.1, -0.05) is 30.3 Å². The molecule has 0 unspecified atom stereocenters. The van der Waals surface area contributed by atoms with Gasteiger partial charge in [-0.25, -0.2) is 8.78 Å². The van der Waals surface area contributed by atoms with Crippen LogP contribution in [0.4, 0.5) is 8.78 Å². The molecule has 4 nitrogen and oxygen atoms in total. The summed E-state index contributed by atoms with van der Waals surface area (Å²) < 4.78 is 30.6. The molecule has 0 spiro atoms. The number of alkyl halides is 2. The molecule has 3 aromatic rings. The van der Waals surface area contributed by atoms with Crippen molar-refractivity contribution >= 4 is 10.9 Å². The second kappa shape index (κ2) is 15.6. The Morgan fingerprint density at radius 1 is 1.15 bits per heavy atom. The number of rotatable bonds is 6. The molecule has 7 heteroatoms. The molecule has 0 saturated carbocycles. The molecule has 2 aromatic carbocycles. The van der Waals surface area contributed by atoms with Gasteiger partial charge in [0.2, 0.25) is 6.43 Å². The molecule has 33 heavy (non-hydrogen) atoms. The predicted molar refractivity (Wildman–Crippen MR) is 127 cm³/mol. The van der Waals surface area contributed by atoms with Crippen LogP contribution in [0, 0.1) is 20.3 Å². The number of ether oxygens (including phenoxy) is 1.